The first kappa shape index (κ1) is 18.7. The van der Waals surface area contributed by atoms with Crippen LogP contribution in [0.25, 0.3) is 10.2 Å². The van der Waals surface area contributed by atoms with Gasteiger partial charge in [0, 0.05) is 17.5 Å². The maximum atomic E-state index is 12.2. The second kappa shape index (κ2) is 8.10. The van der Waals surface area contributed by atoms with Crippen molar-refractivity contribution >= 4 is 44.9 Å². The molecule has 0 fully saturated rings. The van der Waals surface area contributed by atoms with Gasteiger partial charge in [0.2, 0.25) is 5.91 Å². The predicted octanol–water partition coefficient (Wildman–Crippen LogP) is 4.82. The standard InChI is InChI=1S/C20H22N2O2S2/c1-13(2)22-17-9-8-16(10-18(17)26-20(22)24)21-19(23)12-25-11-15-7-5-4-6-14(15)3/h4-10,13H,11-12H2,1-3H3,(H,21,23). The molecule has 1 N–H and O–H groups in total. The quantitative estimate of drug-likeness (QED) is 0.660. The number of nitrogens with one attached hydrogen (secondary N) is 1. The van der Waals surface area contributed by atoms with Crippen molar-refractivity contribution in [1.29, 1.82) is 0 Å². The highest BCUT2D eigenvalue weighted by molar-refractivity contribution is 7.99. The van der Waals surface area contributed by atoms with E-state index in [1.807, 2.05) is 44.2 Å². The van der Waals surface area contributed by atoms with Gasteiger partial charge in [-0.25, -0.2) is 0 Å². The molecule has 4 nitrogen and oxygen atoms in total. The molecule has 1 aromatic heterocycles. The molecule has 26 heavy (non-hydrogen) atoms. The van der Waals surface area contributed by atoms with Crippen LogP contribution in [0.3, 0.4) is 0 Å². The van der Waals surface area contributed by atoms with Crippen molar-refractivity contribution in [2.75, 3.05) is 11.1 Å². The summed E-state index contributed by atoms with van der Waals surface area (Å²) in [4.78, 5) is 24.4. The summed E-state index contributed by atoms with van der Waals surface area (Å²) in [5, 5.41) is 2.93. The third-order valence-corrected chi connectivity index (χ3v) is 6.07. The van der Waals surface area contributed by atoms with Crippen molar-refractivity contribution in [3.63, 3.8) is 0 Å². The maximum Gasteiger partial charge on any atom is 0.308 e. The number of hydrogen-bond acceptors (Lipinski definition) is 4. The van der Waals surface area contributed by atoms with Gasteiger partial charge in [0.25, 0.3) is 0 Å². The molecule has 0 atom stereocenters. The van der Waals surface area contributed by atoms with Crippen molar-refractivity contribution in [3.8, 4) is 0 Å². The Morgan fingerprint density at radius 3 is 2.73 bits per heavy atom. The smallest absolute Gasteiger partial charge is 0.308 e. The minimum atomic E-state index is -0.0291. The van der Waals surface area contributed by atoms with Crippen molar-refractivity contribution in [2.24, 2.45) is 0 Å². The van der Waals surface area contributed by atoms with Crippen LogP contribution in [-0.2, 0) is 10.5 Å². The van der Waals surface area contributed by atoms with E-state index >= 15 is 0 Å². The molecule has 6 heteroatoms. The molecule has 2 aromatic carbocycles. The molecule has 3 rings (SSSR count). The van der Waals surface area contributed by atoms with E-state index in [1.165, 1.54) is 22.5 Å². The van der Waals surface area contributed by atoms with Gasteiger partial charge in [-0.1, -0.05) is 35.6 Å². The van der Waals surface area contributed by atoms with Gasteiger partial charge in [0.1, 0.15) is 0 Å². The van der Waals surface area contributed by atoms with Crippen LogP contribution in [0, 0.1) is 6.92 Å². The lowest BCUT2D eigenvalue weighted by Gasteiger charge is -2.09. The van der Waals surface area contributed by atoms with E-state index in [1.54, 1.807) is 16.3 Å². The van der Waals surface area contributed by atoms with Crippen LogP contribution in [0.4, 0.5) is 5.69 Å². The van der Waals surface area contributed by atoms with E-state index in [-0.39, 0.29) is 16.8 Å². The van der Waals surface area contributed by atoms with Crippen LogP contribution in [0.2, 0.25) is 0 Å². The number of thioether (sulfide) groups is 1. The third-order valence-electron chi connectivity index (χ3n) is 4.17. The van der Waals surface area contributed by atoms with Crippen molar-refractivity contribution in [2.45, 2.75) is 32.6 Å². The maximum absolute atomic E-state index is 12.2. The zero-order valence-electron chi connectivity index (χ0n) is 15.1. The van der Waals surface area contributed by atoms with Crippen LogP contribution in [-0.4, -0.2) is 16.2 Å². The number of anilines is 1. The average Bonchev–Trinajstić information content (AvgIpc) is 2.91. The summed E-state index contributed by atoms with van der Waals surface area (Å²) < 4.78 is 2.68. The molecule has 0 aliphatic rings. The van der Waals surface area contributed by atoms with Gasteiger partial charge < -0.3 is 5.32 Å². The monoisotopic (exact) mass is 386 g/mol. The zero-order valence-corrected chi connectivity index (χ0v) is 16.7. The van der Waals surface area contributed by atoms with Crippen LogP contribution < -0.4 is 10.2 Å². The molecule has 136 valence electrons. The molecule has 0 radical (unpaired) electrons. The van der Waals surface area contributed by atoms with Crippen molar-refractivity contribution < 1.29 is 4.79 Å². The second-order valence-corrected chi connectivity index (χ2v) is 8.46. The van der Waals surface area contributed by atoms with E-state index in [0.717, 1.165) is 21.7 Å². The molecule has 1 amide bonds. The number of benzene rings is 2. The molecule has 0 bridgehead atoms. The summed E-state index contributed by atoms with van der Waals surface area (Å²) >= 11 is 2.81. The van der Waals surface area contributed by atoms with Gasteiger partial charge >= 0.3 is 4.87 Å². The number of fused-ring (bicyclic) bond motifs is 1. The highest BCUT2D eigenvalue weighted by Crippen LogP contribution is 2.24. The van der Waals surface area contributed by atoms with Crippen LogP contribution in [0.5, 0.6) is 0 Å². The third kappa shape index (κ3) is 4.19. The lowest BCUT2D eigenvalue weighted by molar-refractivity contribution is -0.113. The van der Waals surface area contributed by atoms with Crippen LogP contribution in [0.1, 0.15) is 31.0 Å². The number of rotatable bonds is 6. The number of aromatic nitrogens is 1. The molecular formula is C20H22N2O2S2. The zero-order chi connectivity index (χ0) is 18.7. The average molecular weight is 387 g/mol. The fraction of sp³-hybridized carbons (Fsp3) is 0.300. The molecular weight excluding hydrogens is 364 g/mol. The summed E-state index contributed by atoms with van der Waals surface area (Å²) in [6, 6.07) is 14.0. The number of hydrogen-bond donors (Lipinski definition) is 1. The summed E-state index contributed by atoms with van der Waals surface area (Å²) in [5.41, 5.74) is 4.15. The van der Waals surface area contributed by atoms with E-state index in [0.29, 0.717) is 5.75 Å². The summed E-state index contributed by atoms with van der Waals surface area (Å²) in [6.45, 7) is 6.07. The number of carbonyl (C=O) groups excluding carboxylic acids is 1. The fourth-order valence-corrected chi connectivity index (χ4v) is 4.78. The molecule has 0 aliphatic heterocycles. The molecule has 1 heterocycles. The number of thiazole rings is 1. The molecule has 0 saturated carbocycles. The Balaban J connectivity index is 1.62. The van der Waals surface area contributed by atoms with Gasteiger partial charge in [0.15, 0.2) is 0 Å². The minimum absolute atomic E-state index is 0.0291. The van der Waals surface area contributed by atoms with Gasteiger partial charge in [-0.15, -0.1) is 11.8 Å². The van der Waals surface area contributed by atoms with Gasteiger partial charge in [-0.3, -0.25) is 14.2 Å². The van der Waals surface area contributed by atoms with E-state index < -0.39 is 0 Å². The Morgan fingerprint density at radius 1 is 1.23 bits per heavy atom. The van der Waals surface area contributed by atoms with Crippen molar-refractivity contribution in [1.82, 2.24) is 4.57 Å². The Labute approximate surface area is 161 Å². The largest absolute Gasteiger partial charge is 0.325 e. The first-order valence-corrected chi connectivity index (χ1v) is 10.5. The summed E-state index contributed by atoms with van der Waals surface area (Å²) in [6.07, 6.45) is 0. The first-order valence-electron chi connectivity index (χ1n) is 8.53. The van der Waals surface area contributed by atoms with E-state index in [4.69, 9.17) is 0 Å². The Kier molecular flexibility index (Phi) is 5.84. The number of aryl methyl sites for hydroxylation is 1. The van der Waals surface area contributed by atoms with Gasteiger partial charge in [-0.2, -0.15) is 0 Å². The number of carbonyl (C=O) groups is 1. The highest BCUT2D eigenvalue weighted by Gasteiger charge is 2.11. The number of amides is 1. The fourth-order valence-electron chi connectivity index (χ4n) is 2.83. The highest BCUT2D eigenvalue weighted by atomic mass is 32.2. The molecule has 0 aliphatic carbocycles. The van der Waals surface area contributed by atoms with Crippen molar-refractivity contribution in [3.05, 3.63) is 63.3 Å². The first-order chi connectivity index (χ1) is 12.5. The van der Waals surface area contributed by atoms with E-state index in [2.05, 4.69) is 24.4 Å². The lowest BCUT2D eigenvalue weighted by atomic mass is 10.1. The van der Waals surface area contributed by atoms with Crippen LogP contribution >= 0.6 is 23.1 Å². The normalized spacial score (nSPS) is 11.2. The Bertz CT molecular complexity index is 989. The second-order valence-electron chi connectivity index (χ2n) is 6.48. The Hall–Kier alpha value is -2.05. The molecule has 0 spiro atoms. The predicted molar refractivity (Wildman–Crippen MR) is 112 cm³/mol. The lowest BCUT2D eigenvalue weighted by Crippen LogP contribution is -2.15. The minimum Gasteiger partial charge on any atom is -0.325 e. The van der Waals surface area contributed by atoms with Crippen LogP contribution in [0.15, 0.2) is 47.3 Å². The van der Waals surface area contributed by atoms with E-state index in [9.17, 15) is 9.59 Å². The van der Waals surface area contributed by atoms with Gasteiger partial charge in [-0.05, 0) is 50.1 Å². The topological polar surface area (TPSA) is 51.1 Å². The molecule has 3 aromatic rings. The van der Waals surface area contributed by atoms with Gasteiger partial charge in [0.05, 0.1) is 16.0 Å². The molecule has 0 saturated heterocycles. The molecule has 0 unspecified atom stereocenters. The summed E-state index contributed by atoms with van der Waals surface area (Å²) in [7, 11) is 0. The SMILES string of the molecule is Cc1ccccc1CSCC(=O)Nc1ccc2c(c1)sc(=O)n2C(C)C. The Morgan fingerprint density at radius 2 is 2.00 bits per heavy atom. The summed E-state index contributed by atoms with van der Waals surface area (Å²) in [5.74, 6) is 1.19. The number of nitrogens with zero attached hydrogens (tertiary/aromatic N) is 1.